The van der Waals surface area contributed by atoms with E-state index in [1.807, 2.05) is 0 Å². The summed E-state index contributed by atoms with van der Waals surface area (Å²) < 4.78 is 0. The lowest BCUT2D eigenvalue weighted by molar-refractivity contribution is 0.425. The minimum Gasteiger partial charge on any atom is -0.302 e. The molecular weight excluding hydrogens is 242 g/mol. The van der Waals surface area contributed by atoms with E-state index in [0.29, 0.717) is 0 Å². The van der Waals surface area contributed by atoms with Gasteiger partial charge in [-0.05, 0) is 53.8 Å². The molecule has 2 aromatic rings. The number of likely N-dealkylation sites (N-methyl/N-ethyl adjacent to an activating group) is 1. The van der Waals surface area contributed by atoms with Crippen molar-refractivity contribution in [2.45, 2.75) is 13.3 Å². The molecule has 1 heterocycles. The maximum atomic E-state index is 2.42. The third-order valence-corrected chi connectivity index (χ3v) is 4.54. The highest BCUT2D eigenvalue weighted by Crippen LogP contribution is 2.46. The molecule has 1 fully saturated rings. The van der Waals surface area contributed by atoms with Gasteiger partial charge >= 0.3 is 0 Å². The third kappa shape index (κ3) is 1.66. The van der Waals surface area contributed by atoms with Gasteiger partial charge in [0.2, 0.25) is 0 Å². The Morgan fingerprint density at radius 2 is 1.65 bits per heavy atom. The van der Waals surface area contributed by atoms with Crippen LogP contribution in [0, 0.1) is 6.92 Å². The fourth-order valence-corrected chi connectivity index (χ4v) is 3.58. The standard InChI is InChI=1S/C19H19N/c1-13-7-8-16-15-5-3-4-6-17(15)19(18(16)11-13)14-9-10-20(2)12-14/h3-8,11H,9-10,12H2,1-2H3/b19-14-. The highest BCUT2D eigenvalue weighted by atomic mass is 15.1. The number of benzene rings is 2. The van der Waals surface area contributed by atoms with Crippen LogP contribution >= 0.6 is 0 Å². The van der Waals surface area contributed by atoms with Gasteiger partial charge in [0.1, 0.15) is 0 Å². The van der Waals surface area contributed by atoms with Crippen LogP contribution < -0.4 is 0 Å². The number of hydrogen-bond donors (Lipinski definition) is 0. The second-order valence-corrected chi connectivity index (χ2v) is 6.06. The zero-order valence-corrected chi connectivity index (χ0v) is 12.1. The molecule has 20 heavy (non-hydrogen) atoms. The van der Waals surface area contributed by atoms with E-state index in [4.69, 9.17) is 0 Å². The van der Waals surface area contributed by atoms with E-state index in [9.17, 15) is 0 Å². The Morgan fingerprint density at radius 3 is 2.40 bits per heavy atom. The lowest BCUT2D eigenvalue weighted by Gasteiger charge is -2.09. The average molecular weight is 261 g/mol. The molecule has 1 heteroatoms. The van der Waals surface area contributed by atoms with Crippen molar-refractivity contribution >= 4 is 5.57 Å². The molecular formula is C19H19N. The van der Waals surface area contributed by atoms with Crippen LogP contribution in [0.4, 0.5) is 0 Å². The second-order valence-electron chi connectivity index (χ2n) is 6.06. The number of rotatable bonds is 0. The largest absolute Gasteiger partial charge is 0.302 e. The zero-order chi connectivity index (χ0) is 13.7. The smallest absolute Gasteiger partial charge is 0.0199 e. The lowest BCUT2D eigenvalue weighted by Crippen LogP contribution is -2.11. The van der Waals surface area contributed by atoms with Crippen molar-refractivity contribution in [1.82, 2.24) is 4.90 Å². The highest BCUT2D eigenvalue weighted by molar-refractivity contribution is 6.02. The van der Waals surface area contributed by atoms with Crippen LogP contribution in [0.15, 0.2) is 48.0 Å². The minimum atomic E-state index is 1.11. The summed E-state index contributed by atoms with van der Waals surface area (Å²) in [4.78, 5) is 2.42. The van der Waals surface area contributed by atoms with E-state index in [1.165, 1.54) is 46.4 Å². The van der Waals surface area contributed by atoms with Crippen molar-refractivity contribution < 1.29 is 0 Å². The molecule has 0 radical (unpaired) electrons. The average Bonchev–Trinajstić information content (AvgIpc) is 2.99. The Balaban J connectivity index is 2.02. The molecule has 0 spiro atoms. The summed E-state index contributed by atoms with van der Waals surface area (Å²) in [5.41, 5.74) is 10.1. The monoisotopic (exact) mass is 261 g/mol. The summed E-state index contributed by atoms with van der Waals surface area (Å²) >= 11 is 0. The number of fused-ring (bicyclic) bond motifs is 3. The van der Waals surface area contributed by atoms with Crippen molar-refractivity contribution in [3.8, 4) is 11.1 Å². The van der Waals surface area contributed by atoms with Crippen LogP contribution in [0.5, 0.6) is 0 Å². The SMILES string of the molecule is Cc1ccc2c(c1)/C(=C1/CCN(C)C1)c1ccccc1-2. The van der Waals surface area contributed by atoms with Crippen LogP contribution in [0.1, 0.15) is 23.1 Å². The van der Waals surface area contributed by atoms with Crippen molar-refractivity contribution in [3.05, 3.63) is 64.7 Å². The number of likely N-dealkylation sites (tertiary alicyclic amines) is 1. The molecule has 0 amide bonds. The highest BCUT2D eigenvalue weighted by Gasteiger charge is 2.27. The maximum absolute atomic E-state index is 2.42. The summed E-state index contributed by atoms with van der Waals surface area (Å²) in [6.45, 7) is 4.48. The summed E-state index contributed by atoms with van der Waals surface area (Å²) in [7, 11) is 2.21. The summed E-state index contributed by atoms with van der Waals surface area (Å²) in [5.74, 6) is 0. The van der Waals surface area contributed by atoms with Crippen molar-refractivity contribution in [3.63, 3.8) is 0 Å². The predicted octanol–water partition coefficient (Wildman–Crippen LogP) is 4.11. The van der Waals surface area contributed by atoms with E-state index in [1.54, 1.807) is 5.57 Å². The zero-order valence-electron chi connectivity index (χ0n) is 12.1. The molecule has 0 saturated carbocycles. The topological polar surface area (TPSA) is 3.24 Å². The van der Waals surface area contributed by atoms with Crippen molar-refractivity contribution in [2.75, 3.05) is 20.1 Å². The molecule has 0 bridgehead atoms. The number of nitrogens with zero attached hydrogens (tertiary/aromatic N) is 1. The van der Waals surface area contributed by atoms with Gasteiger partial charge in [0.25, 0.3) is 0 Å². The first-order chi connectivity index (χ1) is 9.74. The molecule has 0 aromatic heterocycles. The van der Waals surface area contributed by atoms with Gasteiger partial charge in [-0.2, -0.15) is 0 Å². The van der Waals surface area contributed by atoms with Gasteiger partial charge in [-0.15, -0.1) is 0 Å². The summed E-state index contributed by atoms with van der Waals surface area (Å²) in [6, 6.07) is 15.7. The quantitative estimate of drug-likeness (QED) is 0.588. The van der Waals surface area contributed by atoms with Gasteiger partial charge in [-0.25, -0.2) is 0 Å². The van der Waals surface area contributed by atoms with Crippen molar-refractivity contribution in [2.24, 2.45) is 0 Å². The van der Waals surface area contributed by atoms with Crippen LogP contribution in [0.25, 0.3) is 16.7 Å². The van der Waals surface area contributed by atoms with Gasteiger partial charge < -0.3 is 4.90 Å². The van der Waals surface area contributed by atoms with E-state index in [2.05, 4.69) is 61.3 Å². The summed E-state index contributed by atoms with van der Waals surface area (Å²) in [5, 5.41) is 0. The Hall–Kier alpha value is -1.86. The second kappa shape index (κ2) is 4.32. The van der Waals surface area contributed by atoms with Crippen molar-refractivity contribution in [1.29, 1.82) is 0 Å². The first-order valence-electron chi connectivity index (χ1n) is 7.35. The van der Waals surface area contributed by atoms with Crippen LogP contribution in [-0.2, 0) is 0 Å². The molecule has 1 saturated heterocycles. The Labute approximate surface area is 120 Å². The van der Waals surface area contributed by atoms with Gasteiger partial charge in [-0.1, -0.05) is 48.0 Å². The van der Waals surface area contributed by atoms with Crippen LogP contribution in [-0.4, -0.2) is 25.0 Å². The molecule has 100 valence electrons. The van der Waals surface area contributed by atoms with Gasteiger partial charge in [0.05, 0.1) is 0 Å². The molecule has 1 aliphatic heterocycles. The van der Waals surface area contributed by atoms with E-state index in [-0.39, 0.29) is 0 Å². The van der Waals surface area contributed by atoms with Crippen LogP contribution in [0.2, 0.25) is 0 Å². The van der Waals surface area contributed by atoms with Gasteiger partial charge in [0, 0.05) is 13.1 Å². The first kappa shape index (κ1) is 11.9. The molecule has 2 aromatic carbocycles. The molecule has 1 aliphatic carbocycles. The Kier molecular flexibility index (Phi) is 2.58. The molecule has 4 rings (SSSR count). The fraction of sp³-hybridized carbons (Fsp3) is 0.263. The first-order valence-corrected chi connectivity index (χ1v) is 7.35. The number of hydrogen-bond acceptors (Lipinski definition) is 1. The van der Waals surface area contributed by atoms with E-state index in [0.717, 1.165) is 6.54 Å². The Morgan fingerprint density at radius 1 is 0.900 bits per heavy atom. The third-order valence-electron chi connectivity index (χ3n) is 4.54. The van der Waals surface area contributed by atoms with Gasteiger partial charge in [0.15, 0.2) is 0 Å². The number of aryl methyl sites for hydroxylation is 1. The lowest BCUT2D eigenvalue weighted by atomic mass is 9.96. The molecule has 1 nitrogen and oxygen atoms in total. The van der Waals surface area contributed by atoms with E-state index >= 15 is 0 Å². The minimum absolute atomic E-state index is 1.11. The fourth-order valence-electron chi connectivity index (χ4n) is 3.58. The normalized spacial score (nSPS) is 21.1. The van der Waals surface area contributed by atoms with Crippen LogP contribution in [0.3, 0.4) is 0 Å². The molecule has 2 aliphatic rings. The summed E-state index contributed by atoms with van der Waals surface area (Å²) in [6.07, 6.45) is 1.20. The Bertz CT molecular complexity index is 724. The predicted molar refractivity (Wildman–Crippen MR) is 84.8 cm³/mol. The molecule has 0 N–H and O–H groups in total. The van der Waals surface area contributed by atoms with E-state index < -0.39 is 0 Å². The van der Waals surface area contributed by atoms with Gasteiger partial charge in [-0.3, -0.25) is 0 Å². The maximum Gasteiger partial charge on any atom is 0.0199 e. The molecule has 0 unspecified atom stereocenters. The molecule has 0 atom stereocenters.